The van der Waals surface area contributed by atoms with E-state index in [9.17, 15) is 52.7 Å². The van der Waals surface area contributed by atoms with Gasteiger partial charge in [0.25, 0.3) is 0 Å². The van der Waals surface area contributed by atoms with Crippen molar-refractivity contribution in [2.45, 2.75) is 61.7 Å². The average molecular weight is 388 g/mol. The van der Waals surface area contributed by atoms with Crippen molar-refractivity contribution in [3.63, 3.8) is 0 Å². The van der Waals surface area contributed by atoms with Crippen molar-refractivity contribution in [2.24, 2.45) is 0 Å². The van der Waals surface area contributed by atoms with E-state index in [0.717, 1.165) is 0 Å². The summed E-state index contributed by atoms with van der Waals surface area (Å²) in [6, 6.07) is 0. The fraction of sp³-hybridized carbons (Fsp3) is 1.00. The summed E-state index contributed by atoms with van der Waals surface area (Å²) in [5.41, 5.74) is 0. The van der Waals surface area contributed by atoms with Crippen molar-refractivity contribution in [3.8, 4) is 0 Å². The van der Waals surface area contributed by atoms with Gasteiger partial charge in [0.05, 0.1) is 0 Å². The standard InChI is InChI=1S/C11H12F12O/c1-2-6(12,13)8(16,17)10(20,21)11(22,23)9(18,19)7(14,15)4-3-5-24/h24H,2-5H2,1H3. The topological polar surface area (TPSA) is 20.2 Å². The van der Waals surface area contributed by atoms with E-state index >= 15 is 0 Å². The average Bonchev–Trinajstić information content (AvgIpc) is 2.43. The monoisotopic (exact) mass is 388 g/mol. The first kappa shape index (κ1) is 23.1. The highest BCUT2D eigenvalue weighted by Gasteiger charge is 2.89. The first-order valence-corrected chi connectivity index (χ1v) is 6.25. The molecule has 24 heavy (non-hydrogen) atoms. The number of aliphatic hydroxyl groups is 1. The van der Waals surface area contributed by atoms with Crippen LogP contribution in [0.25, 0.3) is 0 Å². The van der Waals surface area contributed by atoms with Gasteiger partial charge in [-0.2, -0.15) is 52.7 Å². The van der Waals surface area contributed by atoms with Crippen molar-refractivity contribution in [1.29, 1.82) is 0 Å². The maximum Gasteiger partial charge on any atom is 0.384 e. The Labute approximate surface area is 127 Å². The SMILES string of the molecule is CCC(F)(F)C(F)(F)C(F)(F)C(F)(F)C(F)(F)C(F)(F)CCCO. The Morgan fingerprint density at radius 1 is 0.583 bits per heavy atom. The van der Waals surface area contributed by atoms with Crippen molar-refractivity contribution >= 4 is 0 Å². The molecular weight excluding hydrogens is 376 g/mol. The number of rotatable bonds is 9. The third kappa shape index (κ3) is 3.15. The molecule has 0 amide bonds. The molecule has 0 aromatic heterocycles. The molecule has 13 heteroatoms. The Morgan fingerprint density at radius 3 is 1.21 bits per heavy atom. The third-order valence-corrected chi connectivity index (χ3v) is 3.19. The zero-order valence-electron chi connectivity index (χ0n) is 11.8. The van der Waals surface area contributed by atoms with E-state index in [2.05, 4.69) is 0 Å². The highest BCUT2D eigenvalue weighted by atomic mass is 19.4. The first-order valence-electron chi connectivity index (χ1n) is 6.25. The van der Waals surface area contributed by atoms with Crippen molar-refractivity contribution in [2.75, 3.05) is 6.61 Å². The van der Waals surface area contributed by atoms with Crippen molar-refractivity contribution < 1.29 is 57.8 Å². The molecule has 1 N–H and O–H groups in total. The van der Waals surface area contributed by atoms with Crippen molar-refractivity contribution in [3.05, 3.63) is 0 Å². The molecule has 0 aromatic rings. The normalized spacial score (nSPS) is 15.8. The molecule has 0 unspecified atom stereocenters. The third-order valence-electron chi connectivity index (χ3n) is 3.19. The first-order chi connectivity index (χ1) is 10.4. The molecule has 0 aromatic carbocycles. The van der Waals surface area contributed by atoms with Crippen LogP contribution >= 0.6 is 0 Å². The molecule has 1 nitrogen and oxygen atoms in total. The van der Waals surface area contributed by atoms with Crippen LogP contribution in [0.15, 0.2) is 0 Å². The van der Waals surface area contributed by atoms with Crippen LogP contribution in [0.3, 0.4) is 0 Å². The lowest BCUT2D eigenvalue weighted by Crippen LogP contribution is -2.70. The minimum absolute atomic E-state index is 0.177. The van der Waals surface area contributed by atoms with Gasteiger partial charge < -0.3 is 5.11 Å². The van der Waals surface area contributed by atoms with Gasteiger partial charge in [-0.25, -0.2) is 0 Å². The number of hydrogen-bond acceptors (Lipinski definition) is 1. The van der Waals surface area contributed by atoms with E-state index in [4.69, 9.17) is 5.11 Å². The Hall–Kier alpha value is -0.880. The predicted octanol–water partition coefficient (Wildman–Crippen LogP) is 4.98. The van der Waals surface area contributed by atoms with Gasteiger partial charge >= 0.3 is 35.5 Å². The summed E-state index contributed by atoms with van der Waals surface area (Å²) in [6.45, 7) is -1.05. The van der Waals surface area contributed by atoms with Gasteiger partial charge in [-0.3, -0.25) is 0 Å². The van der Waals surface area contributed by atoms with Crippen LogP contribution in [0, 0.1) is 0 Å². The van der Waals surface area contributed by atoms with Gasteiger partial charge in [0.2, 0.25) is 0 Å². The summed E-state index contributed by atoms with van der Waals surface area (Å²) >= 11 is 0. The Balaban J connectivity index is 6.10. The molecule has 0 radical (unpaired) electrons. The Morgan fingerprint density at radius 2 is 0.917 bits per heavy atom. The molecule has 0 saturated heterocycles. The maximum atomic E-state index is 13.2. The smallest absolute Gasteiger partial charge is 0.384 e. The highest BCUT2D eigenvalue weighted by molar-refractivity contribution is 5.11. The minimum Gasteiger partial charge on any atom is -0.396 e. The van der Waals surface area contributed by atoms with E-state index in [-0.39, 0.29) is 6.92 Å². The quantitative estimate of drug-likeness (QED) is 0.553. The van der Waals surface area contributed by atoms with Crippen LogP contribution in [-0.2, 0) is 0 Å². The molecule has 0 aliphatic rings. The largest absolute Gasteiger partial charge is 0.396 e. The van der Waals surface area contributed by atoms with Gasteiger partial charge in [0.1, 0.15) is 0 Å². The lowest BCUT2D eigenvalue weighted by molar-refractivity contribution is -0.425. The lowest BCUT2D eigenvalue weighted by atomic mass is 9.89. The van der Waals surface area contributed by atoms with E-state index in [1.807, 2.05) is 0 Å². The number of alkyl halides is 12. The van der Waals surface area contributed by atoms with E-state index in [1.54, 1.807) is 0 Å². The molecule has 0 spiro atoms. The summed E-state index contributed by atoms with van der Waals surface area (Å²) in [7, 11) is 0. The summed E-state index contributed by atoms with van der Waals surface area (Å²) < 4.78 is 157. The van der Waals surface area contributed by atoms with Gasteiger partial charge in [-0.05, 0) is 6.42 Å². The number of hydrogen-bond donors (Lipinski definition) is 1. The summed E-state index contributed by atoms with van der Waals surface area (Å²) in [4.78, 5) is 0. The molecule has 0 aliphatic carbocycles. The van der Waals surface area contributed by atoms with Crippen LogP contribution < -0.4 is 0 Å². The summed E-state index contributed by atoms with van der Waals surface area (Å²) in [5.74, 6) is -41.0. The summed E-state index contributed by atoms with van der Waals surface area (Å²) in [6.07, 6.45) is -5.66. The molecule has 0 atom stereocenters. The predicted molar refractivity (Wildman–Crippen MR) is 56.3 cm³/mol. The molecule has 0 rings (SSSR count). The second-order valence-electron chi connectivity index (χ2n) is 4.89. The van der Waals surface area contributed by atoms with Crippen LogP contribution in [0.1, 0.15) is 26.2 Å². The van der Waals surface area contributed by atoms with Gasteiger partial charge in [-0.1, -0.05) is 6.92 Å². The molecule has 0 aliphatic heterocycles. The Bertz CT molecular complexity index is 431. The zero-order chi connectivity index (χ0) is 19.8. The number of aliphatic hydroxyl groups excluding tert-OH is 1. The number of halogens is 12. The van der Waals surface area contributed by atoms with Crippen LogP contribution in [0.4, 0.5) is 52.7 Å². The summed E-state index contributed by atoms with van der Waals surface area (Å²) in [5, 5.41) is 8.19. The van der Waals surface area contributed by atoms with Gasteiger partial charge in [0.15, 0.2) is 0 Å². The minimum atomic E-state index is -7.51. The van der Waals surface area contributed by atoms with E-state index < -0.39 is 61.4 Å². The fourth-order valence-electron chi connectivity index (χ4n) is 1.53. The molecule has 146 valence electrons. The van der Waals surface area contributed by atoms with Crippen LogP contribution in [-0.4, -0.2) is 47.2 Å². The van der Waals surface area contributed by atoms with E-state index in [0.29, 0.717) is 0 Å². The van der Waals surface area contributed by atoms with Crippen LogP contribution in [0.5, 0.6) is 0 Å². The van der Waals surface area contributed by atoms with Gasteiger partial charge in [0, 0.05) is 19.4 Å². The molecule has 0 saturated carbocycles. The molecule has 0 heterocycles. The second-order valence-corrected chi connectivity index (χ2v) is 4.89. The van der Waals surface area contributed by atoms with E-state index in [1.165, 1.54) is 0 Å². The maximum absolute atomic E-state index is 13.2. The van der Waals surface area contributed by atoms with Gasteiger partial charge in [-0.15, -0.1) is 0 Å². The Kier molecular flexibility index (Phi) is 6.21. The fourth-order valence-corrected chi connectivity index (χ4v) is 1.53. The lowest BCUT2D eigenvalue weighted by Gasteiger charge is -2.41. The van der Waals surface area contributed by atoms with Crippen LogP contribution in [0.2, 0.25) is 0 Å². The highest BCUT2D eigenvalue weighted by Crippen LogP contribution is 2.60. The van der Waals surface area contributed by atoms with Crippen molar-refractivity contribution in [1.82, 2.24) is 0 Å². The zero-order valence-corrected chi connectivity index (χ0v) is 11.8. The molecular formula is C11H12F12O. The second kappa shape index (κ2) is 6.45. The molecule has 0 fully saturated rings. The molecule has 0 bridgehead atoms.